The quantitative estimate of drug-likeness (QED) is 0.710. The molecule has 0 heterocycles. The van der Waals surface area contributed by atoms with Crippen molar-refractivity contribution in [3.63, 3.8) is 0 Å². The molecule has 0 radical (unpaired) electrons. The van der Waals surface area contributed by atoms with Gasteiger partial charge in [0.05, 0.1) is 0 Å². The van der Waals surface area contributed by atoms with E-state index in [-0.39, 0.29) is 5.54 Å². The average Bonchev–Trinajstić information content (AvgIpc) is 1.98. The van der Waals surface area contributed by atoms with Gasteiger partial charge in [0.2, 0.25) is 0 Å². The van der Waals surface area contributed by atoms with Crippen molar-refractivity contribution in [3.8, 4) is 0 Å². The average molecular weight is 183 g/mol. The number of nitrogens with two attached hydrogens (primary N) is 1. The first kappa shape index (κ1) is 10.7. The van der Waals surface area contributed by atoms with Crippen LogP contribution < -0.4 is 5.73 Å². The van der Waals surface area contributed by atoms with E-state index in [1.165, 1.54) is 6.42 Å². The van der Waals surface area contributed by atoms with Gasteiger partial charge in [0.25, 0.3) is 0 Å². The maximum Gasteiger partial charge on any atom is 0.134 e. The van der Waals surface area contributed by atoms with Gasteiger partial charge in [-0.05, 0) is 31.6 Å². The predicted octanol–water partition coefficient (Wildman–Crippen LogP) is 2.26. The minimum atomic E-state index is -0.117. The first-order chi connectivity index (χ1) is 6.02. The van der Waals surface area contributed by atoms with Gasteiger partial charge in [-0.2, -0.15) is 0 Å². The smallest absolute Gasteiger partial charge is 0.134 e. The minimum absolute atomic E-state index is 0.117. The normalized spacial score (nSPS) is 20.0. The van der Waals surface area contributed by atoms with Crippen molar-refractivity contribution in [2.45, 2.75) is 57.9 Å². The highest BCUT2D eigenvalue weighted by Crippen LogP contribution is 2.32. The molecule has 1 rings (SSSR count). The molecular formula is C11H21NO. The number of carbonyl (C=O) groups excluding carboxylic acids is 1. The van der Waals surface area contributed by atoms with Crippen molar-refractivity contribution in [2.75, 3.05) is 0 Å². The second-order valence-corrected chi connectivity index (χ2v) is 4.86. The lowest BCUT2D eigenvalue weighted by Gasteiger charge is -2.37. The van der Waals surface area contributed by atoms with Crippen molar-refractivity contribution in [3.05, 3.63) is 0 Å². The molecule has 0 aromatic carbocycles. The second-order valence-electron chi connectivity index (χ2n) is 4.86. The van der Waals surface area contributed by atoms with Crippen LogP contribution >= 0.6 is 0 Å². The molecule has 2 nitrogen and oxygen atoms in total. The summed E-state index contributed by atoms with van der Waals surface area (Å²) in [5.74, 6) is 0.981. The monoisotopic (exact) mass is 183 g/mol. The van der Waals surface area contributed by atoms with Crippen LogP contribution in [0.25, 0.3) is 0 Å². The summed E-state index contributed by atoms with van der Waals surface area (Å²) >= 11 is 0. The Kier molecular flexibility index (Phi) is 3.48. The van der Waals surface area contributed by atoms with Crippen LogP contribution in [0.5, 0.6) is 0 Å². The van der Waals surface area contributed by atoms with E-state index >= 15 is 0 Å². The van der Waals surface area contributed by atoms with Crippen LogP contribution in [-0.2, 0) is 4.79 Å². The van der Waals surface area contributed by atoms with Gasteiger partial charge in [-0.25, -0.2) is 0 Å². The van der Waals surface area contributed by atoms with Crippen molar-refractivity contribution in [1.29, 1.82) is 0 Å². The number of hydrogen-bond donors (Lipinski definition) is 1. The van der Waals surface area contributed by atoms with Crippen LogP contribution in [-0.4, -0.2) is 11.3 Å². The molecule has 2 N–H and O–H groups in total. The third-order valence-corrected chi connectivity index (χ3v) is 2.90. The third-order valence-electron chi connectivity index (χ3n) is 2.90. The second kappa shape index (κ2) is 4.23. The Morgan fingerprint density at radius 2 is 2.08 bits per heavy atom. The highest BCUT2D eigenvalue weighted by Gasteiger charge is 2.34. The first-order valence-electron chi connectivity index (χ1n) is 5.32. The zero-order chi connectivity index (χ0) is 9.90. The Bertz CT molecular complexity index is 183. The molecule has 0 atom stereocenters. The van der Waals surface area contributed by atoms with Crippen molar-refractivity contribution < 1.29 is 4.79 Å². The fourth-order valence-corrected chi connectivity index (χ4v) is 1.74. The summed E-state index contributed by atoms with van der Waals surface area (Å²) in [7, 11) is 0. The van der Waals surface area contributed by atoms with E-state index in [0.29, 0.717) is 18.1 Å². The van der Waals surface area contributed by atoms with E-state index in [9.17, 15) is 4.79 Å². The number of Topliss-reactive ketones (excluding diaryl/α,β-unsaturated/α-hetero) is 1. The minimum Gasteiger partial charge on any atom is -0.325 e. The number of carbonyl (C=O) groups is 1. The Balaban J connectivity index is 2.17. The van der Waals surface area contributed by atoms with Gasteiger partial charge in [-0.3, -0.25) is 4.79 Å². The van der Waals surface area contributed by atoms with Crippen LogP contribution in [0.3, 0.4) is 0 Å². The van der Waals surface area contributed by atoms with E-state index in [1.807, 2.05) is 0 Å². The molecule has 1 saturated carbocycles. The zero-order valence-electron chi connectivity index (χ0n) is 8.81. The summed E-state index contributed by atoms with van der Waals surface area (Å²) in [6, 6.07) is 0. The first-order valence-corrected chi connectivity index (χ1v) is 5.32. The molecule has 0 unspecified atom stereocenters. The molecule has 0 saturated heterocycles. The Morgan fingerprint density at radius 1 is 1.46 bits per heavy atom. The maximum atomic E-state index is 11.5. The van der Waals surface area contributed by atoms with Crippen molar-refractivity contribution in [1.82, 2.24) is 0 Å². The highest BCUT2D eigenvalue weighted by atomic mass is 16.1. The maximum absolute atomic E-state index is 11.5. The fourth-order valence-electron chi connectivity index (χ4n) is 1.74. The lowest BCUT2D eigenvalue weighted by atomic mass is 9.74. The van der Waals surface area contributed by atoms with Gasteiger partial charge < -0.3 is 5.73 Å². The van der Waals surface area contributed by atoms with E-state index in [1.54, 1.807) is 0 Å². The largest absolute Gasteiger partial charge is 0.325 e. The number of rotatable bonds is 5. The van der Waals surface area contributed by atoms with Gasteiger partial charge in [0.15, 0.2) is 0 Å². The van der Waals surface area contributed by atoms with Gasteiger partial charge in [-0.15, -0.1) is 0 Å². The summed E-state index contributed by atoms with van der Waals surface area (Å²) in [5, 5.41) is 0. The summed E-state index contributed by atoms with van der Waals surface area (Å²) in [6.45, 7) is 4.30. The van der Waals surface area contributed by atoms with Crippen LogP contribution in [0, 0.1) is 5.92 Å². The predicted molar refractivity (Wildman–Crippen MR) is 54.5 cm³/mol. The molecule has 0 spiro atoms. The van der Waals surface area contributed by atoms with Gasteiger partial charge in [-0.1, -0.05) is 13.8 Å². The standard InChI is InChI=1S/C11H21NO/c1-9(2)4-5-10(13)8-11(12)6-3-7-11/h9H,3-8,12H2,1-2H3. The lowest BCUT2D eigenvalue weighted by molar-refractivity contribution is -0.121. The Morgan fingerprint density at radius 3 is 2.46 bits per heavy atom. The fraction of sp³-hybridized carbons (Fsp3) is 0.909. The third kappa shape index (κ3) is 3.47. The van der Waals surface area contributed by atoms with Crippen LogP contribution in [0.4, 0.5) is 0 Å². The van der Waals surface area contributed by atoms with Crippen molar-refractivity contribution in [2.24, 2.45) is 11.7 Å². The molecule has 13 heavy (non-hydrogen) atoms. The Hall–Kier alpha value is -0.370. The van der Waals surface area contributed by atoms with E-state index < -0.39 is 0 Å². The zero-order valence-corrected chi connectivity index (χ0v) is 8.81. The van der Waals surface area contributed by atoms with Gasteiger partial charge in [0.1, 0.15) is 5.78 Å². The molecule has 1 aliphatic carbocycles. The summed E-state index contributed by atoms with van der Waals surface area (Å²) < 4.78 is 0. The van der Waals surface area contributed by atoms with Gasteiger partial charge in [0, 0.05) is 18.4 Å². The summed E-state index contributed by atoms with van der Waals surface area (Å²) in [6.07, 6.45) is 5.63. The van der Waals surface area contributed by atoms with Crippen molar-refractivity contribution >= 4 is 5.78 Å². The molecule has 0 aromatic heterocycles. The SMILES string of the molecule is CC(C)CCC(=O)CC1(N)CCC1. The van der Waals surface area contributed by atoms with E-state index in [0.717, 1.165) is 25.7 Å². The molecular weight excluding hydrogens is 162 g/mol. The molecule has 1 fully saturated rings. The molecule has 0 amide bonds. The molecule has 0 aromatic rings. The Labute approximate surface area is 80.9 Å². The lowest BCUT2D eigenvalue weighted by Crippen LogP contribution is -2.48. The van der Waals surface area contributed by atoms with Crippen LogP contribution in [0.1, 0.15) is 52.4 Å². The van der Waals surface area contributed by atoms with Gasteiger partial charge >= 0.3 is 0 Å². The molecule has 0 aliphatic heterocycles. The summed E-state index contributed by atoms with van der Waals surface area (Å²) in [5.41, 5.74) is 5.87. The molecule has 1 aliphatic rings. The molecule has 76 valence electrons. The summed E-state index contributed by atoms with van der Waals surface area (Å²) in [4.78, 5) is 11.5. The highest BCUT2D eigenvalue weighted by molar-refractivity contribution is 5.79. The van der Waals surface area contributed by atoms with Crippen LogP contribution in [0.15, 0.2) is 0 Å². The molecule has 0 bridgehead atoms. The van der Waals surface area contributed by atoms with E-state index in [2.05, 4.69) is 13.8 Å². The number of hydrogen-bond acceptors (Lipinski definition) is 2. The number of ketones is 1. The molecule has 2 heteroatoms. The topological polar surface area (TPSA) is 43.1 Å². The van der Waals surface area contributed by atoms with Crippen LogP contribution in [0.2, 0.25) is 0 Å². The van der Waals surface area contributed by atoms with E-state index in [4.69, 9.17) is 5.73 Å².